The van der Waals surface area contributed by atoms with Crippen molar-refractivity contribution in [1.29, 1.82) is 0 Å². The molecule has 0 aliphatic heterocycles. The van der Waals surface area contributed by atoms with Crippen LogP contribution in [-0.4, -0.2) is 4.98 Å². The van der Waals surface area contributed by atoms with Gasteiger partial charge in [0.2, 0.25) is 0 Å². The third-order valence-electron chi connectivity index (χ3n) is 11.5. The van der Waals surface area contributed by atoms with Crippen LogP contribution in [0.3, 0.4) is 0 Å². The van der Waals surface area contributed by atoms with Crippen LogP contribution in [0.5, 0.6) is 0 Å². The smallest absolute Gasteiger partial charge is 0.136 e. The topological polar surface area (TPSA) is 26.0 Å². The van der Waals surface area contributed by atoms with Gasteiger partial charge in [0.1, 0.15) is 16.2 Å². The highest BCUT2D eigenvalue weighted by Crippen LogP contribution is 2.62. The third-order valence-corrected chi connectivity index (χ3v) is 12.7. The quantitative estimate of drug-likeness (QED) is 0.184. The molecule has 53 heavy (non-hydrogen) atoms. The van der Waals surface area contributed by atoms with Gasteiger partial charge in [0, 0.05) is 21.9 Å². The van der Waals surface area contributed by atoms with E-state index in [0.717, 1.165) is 43.8 Å². The van der Waals surface area contributed by atoms with Gasteiger partial charge in [-0.3, -0.25) is 0 Å². The van der Waals surface area contributed by atoms with Gasteiger partial charge in [-0.15, -0.1) is 11.3 Å². The molecule has 2 aromatic heterocycles. The Kier molecular flexibility index (Phi) is 5.89. The zero-order chi connectivity index (χ0) is 34.7. The van der Waals surface area contributed by atoms with E-state index in [2.05, 4.69) is 176 Å². The van der Waals surface area contributed by atoms with Gasteiger partial charge in [-0.25, -0.2) is 4.98 Å². The number of furan rings is 1. The van der Waals surface area contributed by atoms with E-state index in [1.807, 2.05) is 0 Å². The van der Waals surface area contributed by atoms with Gasteiger partial charge >= 0.3 is 0 Å². The number of nitrogens with zero attached hydrogens (tertiary/aromatic N) is 1. The summed E-state index contributed by atoms with van der Waals surface area (Å²) in [6.07, 6.45) is 0. The van der Waals surface area contributed by atoms with Gasteiger partial charge in [-0.1, -0.05) is 152 Å². The summed E-state index contributed by atoms with van der Waals surface area (Å²) < 4.78 is 6.84. The van der Waals surface area contributed by atoms with Gasteiger partial charge in [0.25, 0.3) is 0 Å². The molecule has 0 amide bonds. The first-order valence-corrected chi connectivity index (χ1v) is 18.9. The van der Waals surface area contributed by atoms with E-state index in [9.17, 15) is 0 Å². The van der Waals surface area contributed by atoms with Crippen LogP contribution in [0.25, 0.3) is 87.2 Å². The minimum atomic E-state index is -0.462. The van der Waals surface area contributed by atoms with E-state index in [0.29, 0.717) is 0 Å². The molecular formula is C50H29NOS. The average molecular weight is 692 g/mol. The van der Waals surface area contributed by atoms with Crippen LogP contribution in [0, 0.1) is 0 Å². The molecule has 2 aliphatic rings. The molecule has 0 saturated heterocycles. The summed E-state index contributed by atoms with van der Waals surface area (Å²) in [6.45, 7) is 0. The number of hydrogen-bond donors (Lipinski definition) is 0. The maximum absolute atomic E-state index is 6.84. The molecule has 2 nitrogen and oxygen atoms in total. The molecular weight excluding hydrogens is 663 g/mol. The predicted molar refractivity (Wildman–Crippen MR) is 220 cm³/mol. The Hall–Kier alpha value is -6.55. The summed E-state index contributed by atoms with van der Waals surface area (Å²) in [5.74, 6) is 0. The SMILES string of the molecule is c1ccc(-c2nc(-c3ccc4c(c3)oc3cc5c(cc34)C3(c4ccccc4-c4ccccc43)c3cccc4cccc-5c34)sc2-c2ccccc2)cc1. The fourth-order valence-corrected chi connectivity index (χ4v) is 10.4. The lowest BCUT2D eigenvalue weighted by Crippen LogP contribution is -2.31. The molecule has 246 valence electrons. The number of rotatable bonds is 3. The van der Waals surface area contributed by atoms with Crippen molar-refractivity contribution >= 4 is 44.0 Å². The molecule has 0 fully saturated rings. The van der Waals surface area contributed by atoms with Crippen LogP contribution in [0.1, 0.15) is 22.3 Å². The first-order chi connectivity index (χ1) is 26.3. The van der Waals surface area contributed by atoms with Crippen molar-refractivity contribution in [3.8, 4) is 54.5 Å². The molecule has 1 spiro atoms. The Bertz CT molecular complexity index is 3010. The number of fused-ring (bicyclic) bond motifs is 12. The number of aromatic nitrogens is 1. The first kappa shape index (κ1) is 29.1. The molecule has 8 aromatic carbocycles. The number of benzene rings is 8. The molecule has 0 atom stereocenters. The fraction of sp³-hybridized carbons (Fsp3) is 0.0200. The Morgan fingerprint density at radius 1 is 0.434 bits per heavy atom. The normalized spacial score (nSPS) is 13.4. The van der Waals surface area contributed by atoms with E-state index >= 15 is 0 Å². The van der Waals surface area contributed by atoms with E-state index in [-0.39, 0.29) is 0 Å². The predicted octanol–water partition coefficient (Wildman–Crippen LogP) is 13.5. The lowest BCUT2D eigenvalue weighted by molar-refractivity contribution is 0.668. The molecule has 0 bridgehead atoms. The van der Waals surface area contributed by atoms with Crippen molar-refractivity contribution < 1.29 is 4.42 Å². The molecule has 0 unspecified atom stereocenters. The second-order valence-corrected chi connectivity index (χ2v) is 15.2. The lowest BCUT2D eigenvalue weighted by atomic mass is 9.61. The molecule has 3 heteroatoms. The van der Waals surface area contributed by atoms with Crippen LogP contribution in [0.2, 0.25) is 0 Å². The minimum absolute atomic E-state index is 0.462. The maximum Gasteiger partial charge on any atom is 0.136 e. The van der Waals surface area contributed by atoms with Crippen molar-refractivity contribution in [3.05, 3.63) is 198 Å². The number of thiazole rings is 1. The Balaban J connectivity index is 1.11. The number of hydrogen-bond acceptors (Lipinski definition) is 3. The molecule has 12 rings (SSSR count). The third kappa shape index (κ3) is 3.89. The summed E-state index contributed by atoms with van der Waals surface area (Å²) >= 11 is 1.73. The summed E-state index contributed by atoms with van der Waals surface area (Å²) in [5.41, 5.74) is 16.1. The van der Waals surface area contributed by atoms with E-state index < -0.39 is 5.41 Å². The van der Waals surface area contributed by atoms with Gasteiger partial charge in [0.15, 0.2) is 0 Å². The van der Waals surface area contributed by atoms with Gasteiger partial charge in [-0.05, 0) is 85.1 Å². The fourth-order valence-electron chi connectivity index (χ4n) is 9.35. The second-order valence-electron chi connectivity index (χ2n) is 14.2. The average Bonchev–Trinajstić information content (AvgIpc) is 3.91. The summed E-state index contributed by atoms with van der Waals surface area (Å²) in [7, 11) is 0. The van der Waals surface area contributed by atoms with Crippen molar-refractivity contribution in [3.63, 3.8) is 0 Å². The van der Waals surface area contributed by atoms with E-state index in [4.69, 9.17) is 9.40 Å². The van der Waals surface area contributed by atoms with Crippen LogP contribution >= 0.6 is 11.3 Å². The molecule has 0 saturated carbocycles. The van der Waals surface area contributed by atoms with E-state index in [1.54, 1.807) is 11.3 Å². The highest BCUT2D eigenvalue weighted by atomic mass is 32.1. The Morgan fingerprint density at radius 3 is 1.81 bits per heavy atom. The van der Waals surface area contributed by atoms with Gasteiger partial charge in [-0.2, -0.15) is 0 Å². The highest BCUT2D eigenvalue weighted by molar-refractivity contribution is 7.19. The zero-order valence-electron chi connectivity index (χ0n) is 28.5. The Labute approximate surface area is 310 Å². The molecule has 0 radical (unpaired) electrons. The van der Waals surface area contributed by atoms with Crippen molar-refractivity contribution in [2.75, 3.05) is 0 Å². The summed E-state index contributed by atoms with van der Waals surface area (Å²) in [4.78, 5) is 6.43. The van der Waals surface area contributed by atoms with Crippen molar-refractivity contribution in [2.24, 2.45) is 0 Å². The van der Waals surface area contributed by atoms with Gasteiger partial charge in [0.05, 0.1) is 16.0 Å². The standard InChI is InChI=1S/C50H29NOS/c1-3-13-31(14-4-1)47-48(32-15-5-2-6-16-32)53-49(51-47)33-25-26-36-39-28-43-38(29-45(39)52-44(36)27-33)37-21-11-17-30-18-12-24-42(46(30)37)50(43)40-22-9-7-19-34(40)35-20-8-10-23-41(35)50/h1-29H. The van der Waals surface area contributed by atoms with Crippen molar-refractivity contribution in [1.82, 2.24) is 4.98 Å². The highest BCUT2D eigenvalue weighted by Gasteiger charge is 2.50. The zero-order valence-corrected chi connectivity index (χ0v) is 29.3. The monoisotopic (exact) mass is 691 g/mol. The van der Waals surface area contributed by atoms with Crippen LogP contribution in [0.15, 0.2) is 180 Å². The van der Waals surface area contributed by atoms with Crippen molar-refractivity contribution in [2.45, 2.75) is 5.41 Å². The van der Waals surface area contributed by atoms with Crippen LogP contribution in [0.4, 0.5) is 0 Å². The van der Waals surface area contributed by atoms with Crippen LogP contribution in [-0.2, 0) is 5.41 Å². The summed E-state index contributed by atoms with van der Waals surface area (Å²) in [6, 6.07) is 64.0. The second kappa shape index (κ2) is 10.7. The molecule has 2 aliphatic carbocycles. The summed E-state index contributed by atoms with van der Waals surface area (Å²) in [5, 5.41) is 5.80. The lowest BCUT2D eigenvalue weighted by Gasteiger charge is -2.40. The first-order valence-electron chi connectivity index (χ1n) is 18.1. The van der Waals surface area contributed by atoms with E-state index in [1.165, 1.54) is 65.7 Å². The van der Waals surface area contributed by atoms with Gasteiger partial charge < -0.3 is 4.42 Å². The van der Waals surface area contributed by atoms with Crippen LogP contribution < -0.4 is 0 Å². The minimum Gasteiger partial charge on any atom is -0.456 e. The maximum atomic E-state index is 6.84. The molecule has 10 aromatic rings. The molecule has 2 heterocycles. The Morgan fingerprint density at radius 2 is 1.06 bits per heavy atom. The largest absolute Gasteiger partial charge is 0.456 e. The molecule has 0 N–H and O–H groups in total.